The molecule has 1 aromatic carbocycles. The van der Waals surface area contributed by atoms with Crippen LogP contribution in [0.1, 0.15) is 36.4 Å². The Bertz CT molecular complexity index is 919. The molecule has 0 amide bonds. The van der Waals surface area contributed by atoms with E-state index < -0.39 is 7.40 Å². The Kier molecular flexibility index (Phi) is 4.50. The first-order valence-electron chi connectivity index (χ1n) is 8.35. The zero-order valence-electron chi connectivity index (χ0n) is 15.3. The molecule has 0 N–H and O–H groups in total. The van der Waals surface area contributed by atoms with E-state index in [4.69, 9.17) is 0 Å². The van der Waals surface area contributed by atoms with Crippen molar-refractivity contribution < 1.29 is 13.1 Å². The predicted molar refractivity (Wildman–Crippen MR) is 100 cm³/mol. The largest absolute Gasteiger partial charge is 0.934 e. The van der Waals surface area contributed by atoms with Crippen LogP contribution in [0.15, 0.2) is 53.7 Å². The van der Waals surface area contributed by atoms with E-state index in [0.717, 1.165) is 38.1 Å². The third-order valence-electron chi connectivity index (χ3n) is 4.81. The van der Waals surface area contributed by atoms with Crippen LogP contribution in [-0.4, -0.2) is 22.2 Å². The van der Waals surface area contributed by atoms with E-state index in [2.05, 4.69) is 10.6 Å². The van der Waals surface area contributed by atoms with Gasteiger partial charge in [-0.25, -0.2) is 13.1 Å². The summed E-state index contributed by atoms with van der Waals surface area (Å²) >= 11 is 0. The number of halogens is 2. The number of rotatable bonds is 3. The Morgan fingerprint density at radius 1 is 1.04 bits per heavy atom. The Morgan fingerprint density at radius 3 is 2.20 bits per heavy atom. The summed E-state index contributed by atoms with van der Waals surface area (Å²) in [6.45, 7) is 7.69. The highest BCUT2D eigenvalue weighted by molar-refractivity contribution is 6.35. The first kappa shape index (κ1) is 17.4. The summed E-state index contributed by atoms with van der Waals surface area (Å²) in [5.74, 6) is 0. The Labute approximate surface area is 148 Å². The summed E-state index contributed by atoms with van der Waals surface area (Å²) in [5, 5.41) is 0. The van der Waals surface area contributed by atoms with Gasteiger partial charge in [0.1, 0.15) is 0 Å². The van der Waals surface area contributed by atoms with Gasteiger partial charge in [0.25, 0.3) is 0 Å². The van der Waals surface area contributed by atoms with Gasteiger partial charge in [-0.1, -0.05) is 30.3 Å². The van der Waals surface area contributed by atoms with Crippen LogP contribution in [0.2, 0.25) is 0 Å². The van der Waals surface area contributed by atoms with E-state index in [0.29, 0.717) is 11.4 Å². The van der Waals surface area contributed by atoms with Gasteiger partial charge in [-0.15, -0.1) is 0 Å². The average Bonchev–Trinajstić information content (AvgIpc) is 2.99. The van der Waals surface area contributed by atoms with Crippen LogP contribution in [0.3, 0.4) is 0 Å². The van der Waals surface area contributed by atoms with Crippen LogP contribution in [0, 0.1) is 13.8 Å². The van der Waals surface area contributed by atoms with E-state index in [-0.39, 0.29) is 0 Å². The van der Waals surface area contributed by atoms with Crippen LogP contribution >= 0.6 is 0 Å². The molecule has 2 aromatic rings. The molecule has 1 aliphatic heterocycles. The van der Waals surface area contributed by atoms with Crippen molar-refractivity contribution in [3.63, 3.8) is 0 Å². The highest BCUT2D eigenvalue weighted by Gasteiger charge is 2.44. The van der Waals surface area contributed by atoms with E-state index in [9.17, 15) is 8.63 Å². The first-order valence-corrected chi connectivity index (χ1v) is 8.35. The van der Waals surface area contributed by atoms with Gasteiger partial charge in [-0.2, -0.15) is 0 Å². The Hall–Kier alpha value is -2.43. The molecule has 0 bridgehead atoms. The van der Waals surface area contributed by atoms with Crippen molar-refractivity contribution in [1.29, 1.82) is 0 Å². The van der Waals surface area contributed by atoms with Gasteiger partial charge < -0.3 is 4.57 Å². The number of aryl methyl sites for hydroxylation is 2. The minimum atomic E-state index is -2.58. The smallest absolute Gasteiger partial charge is 0.348 e. The zero-order chi connectivity index (χ0) is 18.3. The molecule has 0 atom stereocenters. The van der Waals surface area contributed by atoms with Crippen LogP contribution in [0.4, 0.5) is 8.63 Å². The van der Waals surface area contributed by atoms with Gasteiger partial charge in [-0.05, 0) is 38.0 Å². The molecule has 0 aliphatic carbocycles. The maximum Gasteiger partial charge on any atom is 0.934 e. The van der Waals surface area contributed by atoms with Crippen LogP contribution < -0.4 is 0 Å². The van der Waals surface area contributed by atoms with E-state index in [1.54, 1.807) is 6.92 Å². The summed E-state index contributed by atoms with van der Waals surface area (Å²) in [6.07, 6.45) is 1.83. The second kappa shape index (κ2) is 6.47. The Balaban J connectivity index is 2.43. The van der Waals surface area contributed by atoms with Crippen molar-refractivity contribution in [2.75, 3.05) is 0 Å². The lowest BCUT2D eigenvalue weighted by atomic mass is 9.94. The van der Waals surface area contributed by atoms with E-state index in [1.165, 1.54) is 0 Å². The second-order valence-electron chi connectivity index (χ2n) is 6.58. The van der Waals surface area contributed by atoms with Crippen molar-refractivity contribution in [3.8, 4) is 0 Å². The number of aromatic nitrogens is 1. The number of benzene rings is 1. The van der Waals surface area contributed by atoms with Crippen molar-refractivity contribution in [2.24, 2.45) is 7.05 Å². The maximum atomic E-state index is 13.8. The van der Waals surface area contributed by atoms with Gasteiger partial charge in [0.15, 0.2) is 11.4 Å². The van der Waals surface area contributed by atoms with Crippen molar-refractivity contribution in [3.05, 3.63) is 76.3 Å². The molecule has 0 saturated heterocycles. The monoisotopic (exact) mass is 339 g/mol. The third-order valence-corrected chi connectivity index (χ3v) is 4.81. The topological polar surface area (TPSA) is 7.94 Å². The highest BCUT2D eigenvalue weighted by atomic mass is 19.2. The van der Waals surface area contributed by atoms with Crippen LogP contribution in [0.25, 0.3) is 5.57 Å². The summed E-state index contributed by atoms with van der Waals surface area (Å²) < 4.78 is 30.9. The van der Waals surface area contributed by atoms with Gasteiger partial charge in [0.05, 0.1) is 11.3 Å². The molecule has 5 heteroatoms. The summed E-state index contributed by atoms with van der Waals surface area (Å²) in [4.78, 5) is 0. The SMILES string of the molecule is CC1=CC(C)=[N+](B(F)F)/C1=C(/c1ccccc1)c1c(C)cc(C)n1C. The fourth-order valence-corrected chi connectivity index (χ4v) is 3.66. The number of hydrogen-bond donors (Lipinski definition) is 0. The van der Waals surface area contributed by atoms with Gasteiger partial charge in [-0.3, -0.25) is 0 Å². The average molecular weight is 339 g/mol. The zero-order valence-corrected chi connectivity index (χ0v) is 15.3. The maximum absolute atomic E-state index is 13.8. The Morgan fingerprint density at radius 2 is 1.68 bits per heavy atom. The predicted octanol–water partition coefficient (Wildman–Crippen LogP) is 4.76. The summed E-state index contributed by atoms with van der Waals surface area (Å²) in [7, 11) is -0.595. The molecule has 0 fully saturated rings. The summed E-state index contributed by atoms with van der Waals surface area (Å²) in [6, 6.07) is 11.9. The quantitative estimate of drug-likeness (QED) is 0.713. The molecule has 1 aliphatic rings. The molecule has 0 radical (unpaired) electrons. The number of hydrogen-bond acceptors (Lipinski definition) is 0. The minimum Gasteiger partial charge on any atom is -0.348 e. The molecule has 2 heterocycles. The van der Waals surface area contributed by atoms with Crippen LogP contribution in [0.5, 0.6) is 0 Å². The molecule has 3 rings (SSSR count). The summed E-state index contributed by atoms with van der Waals surface area (Å²) in [5.41, 5.74) is 6.96. The van der Waals surface area contributed by atoms with Gasteiger partial charge in [0, 0.05) is 31.3 Å². The van der Waals surface area contributed by atoms with E-state index >= 15 is 0 Å². The number of allylic oxidation sites excluding steroid dienone is 2. The molecule has 0 saturated carbocycles. The molecule has 0 spiro atoms. The standard InChI is InChI=1S/C20H22BF2N2/c1-13-11-15(3)24(5)19(13)18(17-9-7-6-8-10-17)20-14(2)12-16(4)25(20)21(22)23/h6-12H,1-5H3/q+1. The molecule has 2 nitrogen and oxygen atoms in total. The lowest BCUT2D eigenvalue weighted by molar-refractivity contribution is -0.343. The third kappa shape index (κ3) is 2.88. The van der Waals surface area contributed by atoms with Crippen molar-refractivity contribution in [1.82, 2.24) is 4.57 Å². The number of nitrogens with zero attached hydrogens (tertiary/aromatic N) is 2. The molecule has 0 unspecified atom stereocenters. The molecular formula is C20H22BF2N2+. The van der Waals surface area contributed by atoms with Crippen molar-refractivity contribution in [2.45, 2.75) is 27.7 Å². The fraction of sp³-hybridized carbons (Fsp3) is 0.250. The molecule has 25 heavy (non-hydrogen) atoms. The molecule has 1 aromatic heterocycles. The van der Waals surface area contributed by atoms with Crippen molar-refractivity contribution >= 4 is 18.7 Å². The molecular weight excluding hydrogens is 317 g/mol. The van der Waals surface area contributed by atoms with Crippen LogP contribution in [-0.2, 0) is 7.05 Å². The first-order chi connectivity index (χ1) is 11.8. The van der Waals surface area contributed by atoms with Gasteiger partial charge in [0.2, 0.25) is 0 Å². The van der Waals surface area contributed by atoms with Gasteiger partial charge >= 0.3 is 7.40 Å². The highest BCUT2D eigenvalue weighted by Crippen LogP contribution is 2.36. The molecule has 128 valence electrons. The normalized spacial score (nSPS) is 16.4. The second-order valence-corrected chi connectivity index (χ2v) is 6.58. The fourth-order valence-electron chi connectivity index (χ4n) is 3.66. The lowest BCUT2D eigenvalue weighted by Crippen LogP contribution is -2.25. The van der Waals surface area contributed by atoms with E-state index in [1.807, 2.05) is 64.2 Å². The lowest BCUT2D eigenvalue weighted by Gasteiger charge is -2.15. The minimum absolute atomic E-state index is 0.569.